The minimum absolute atomic E-state index is 0.0530. The zero-order chi connectivity index (χ0) is 12.2. The number of hydrogen-bond donors (Lipinski definition) is 0. The smallest absolute Gasteiger partial charge is 0.149 e. The van der Waals surface area contributed by atoms with E-state index in [0.717, 1.165) is 11.3 Å². The molecule has 0 aliphatic heterocycles. The summed E-state index contributed by atoms with van der Waals surface area (Å²) in [5.41, 5.74) is 0.788. The van der Waals surface area contributed by atoms with Crippen molar-refractivity contribution in [1.82, 2.24) is 0 Å². The maximum Gasteiger partial charge on any atom is 0.149 e. The lowest BCUT2D eigenvalue weighted by Gasteiger charge is -2.09. The van der Waals surface area contributed by atoms with Crippen molar-refractivity contribution in [2.45, 2.75) is 12.3 Å². The van der Waals surface area contributed by atoms with Crippen LogP contribution in [0.25, 0.3) is 0 Å². The molecule has 1 atom stereocenters. The van der Waals surface area contributed by atoms with Gasteiger partial charge in [-0.05, 0) is 24.6 Å². The third-order valence-electron chi connectivity index (χ3n) is 2.00. The van der Waals surface area contributed by atoms with Crippen LogP contribution in [0, 0.1) is 0 Å². The molecule has 90 valence electrons. The van der Waals surface area contributed by atoms with Crippen LogP contribution in [-0.4, -0.2) is 27.0 Å². The summed E-state index contributed by atoms with van der Waals surface area (Å²) in [4.78, 5) is 0. The fraction of sp³-hybridized carbons (Fsp3) is 0.455. The number of ether oxygens (including phenoxy) is 1. The van der Waals surface area contributed by atoms with Crippen LogP contribution in [0.4, 0.5) is 0 Å². The first-order valence-electron chi connectivity index (χ1n) is 4.97. The summed E-state index contributed by atoms with van der Waals surface area (Å²) in [6, 6.07) is 7.15. The van der Waals surface area contributed by atoms with Gasteiger partial charge in [0.2, 0.25) is 0 Å². The van der Waals surface area contributed by atoms with E-state index in [9.17, 15) is 8.42 Å². The fourth-order valence-electron chi connectivity index (χ4n) is 1.30. The van der Waals surface area contributed by atoms with E-state index in [2.05, 4.69) is 0 Å². The second-order valence-electron chi connectivity index (χ2n) is 3.56. The Morgan fingerprint density at radius 3 is 2.31 bits per heavy atom. The molecule has 16 heavy (non-hydrogen) atoms. The van der Waals surface area contributed by atoms with Crippen molar-refractivity contribution in [3.63, 3.8) is 0 Å². The van der Waals surface area contributed by atoms with Gasteiger partial charge in [0.05, 0.1) is 17.7 Å². The van der Waals surface area contributed by atoms with Gasteiger partial charge < -0.3 is 4.74 Å². The molecule has 0 aliphatic rings. The van der Waals surface area contributed by atoms with E-state index in [1.807, 2.05) is 6.92 Å². The van der Waals surface area contributed by atoms with Crippen molar-refractivity contribution in [2.24, 2.45) is 0 Å². The van der Waals surface area contributed by atoms with Crippen molar-refractivity contribution < 1.29 is 13.2 Å². The molecule has 0 saturated heterocycles. The van der Waals surface area contributed by atoms with Crippen molar-refractivity contribution in [3.05, 3.63) is 29.8 Å². The highest BCUT2D eigenvalue weighted by molar-refractivity contribution is 7.90. The summed E-state index contributed by atoms with van der Waals surface area (Å²) in [6.07, 6.45) is 1.18. The molecule has 0 radical (unpaired) electrons. The molecular weight excluding hydrogens is 248 g/mol. The highest BCUT2D eigenvalue weighted by Crippen LogP contribution is 2.24. The Morgan fingerprint density at radius 2 is 1.88 bits per heavy atom. The van der Waals surface area contributed by atoms with Gasteiger partial charge in [0.25, 0.3) is 0 Å². The van der Waals surface area contributed by atoms with Crippen LogP contribution in [0.2, 0.25) is 0 Å². The molecule has 0 fully saturated rings. The number of halogens is 1. The van der Waals surface area contributed by atoms with Crippen molar-refractivity contribution in [2.75, 3.05) is 18.6 Å². The summed E-state index contributed by atoms with van der Waals surface area (Å²) in [6.45, 7) is 2.51. The van der Waals surface area contributed by atoms with Crippen molar-refractivity contribution in [3.8, 4) is 5.75 Å². The number of alkyl halides is 1. The largest absolute Gasteiger partial charge is 0.494 e. The highest BCUT2D eigenvalue weighted by Gasteiger charge is 2.14. The van der Waals surface area contributed by atoms with Crippen LogP contribution in [0.3, 0.4) is 0 Å². The van der Waals surface area contributed by atoms with Gasteiger partial charge in [-0.3, -0.25) is 0 Å². The first kappa shape index (κ1) is 13.3. The van der Waals surface area contributed by atoms with Crippen LogP contribution in [0.1, 0.15) is 17.9 Å². The topological polar surface area (TPSA) is 43.4 Å². The molecule has 0 N–H and O–H groups in total. The van der Waals surface area contributed by atoms with Gasteiger partial charge in [-0.2, -0.15) is 0 Å². The Labute approximate surface area is 101 Å². The summed E-state index contributed by atoms with van der Waals surface area (Å²) in [5, 5.41) is -0.509. The highest BCUT2D eigenvalue weighted by atomic mass is 35.5. The molecule has 1 aromatic rings. The molecule has 0 aliphatic carbocycles. The Balaban J connectivity index is 2.74. The predicted molar refractivity (Wildman–Crippen MR) is 65.9 cm³/mol. The summed E-state index contributed by atoms with van der Waals surface area (Å²) in [5.74, 6) is 0.706. The van der Waals surface area contributed by atoms with E-state index in [1.165, 1.54) is 6.26 Å². The molecule has 0 heterocycles. The Hall–Kier alpha value is -0.740. The van der Waals surface area contributed by atoms with E-state index in [1.54, 1.807) is 24.3 Å². The number of rotatable bonds is 5. The fourth-order valence-corrected chi connectivity index (χ4v) is 2.86. The maximum absolute atomic E-state index is 11.1. The summed E-state index contributed by atoms with van der Waals surface area (Å²) < 4.78 is 27.4. The average molecular weight is 263 g/mol. The first-order chi connectivity index (χ1) is 7.42. The average Bonchev–Trinajstić information content (AvgIpc) is 2.16. The molecule has 0 aromatic heterocycles. The standard InChI is InChI=1S/C11H15ClO3S/c1-3-15-10-6-4-9(5-7-10)11(12)8-16(2,13)14/h4-7,11H,3,8H2,1-2H3. The van der Waals surface area contributed by atoms with E-state index >= 15 is 0 Å². The van der Waals surface area contributed by atoms with E-state index < -0.39 is 15.2 Å². The number of hydrogen-bond acceptors (Lipinski definition) is 3. The van der Waals surface area contributed by atoms with E-state index in [4.69, 9.17) is 16.3 Å². The summed E-state index contributed by atoms with van der Waals surface area (Å²) in [7, 11) is -3.06. The molecule has 1 rings (SSSR count). The van der Waals surface area contributed by atoms with Gasteiger partial charge in [-0.15, -0.1) is 11.6 Å². The molecule has 0 bridgehead atoms. The molecule has 0 spiro atoms. The van der Waals surface area contributed by atoms with Crippen molar-refractivity contribution in [1.29, 1.82) is 0 Å². The molecular formula is C11H15ClO3S. The quantitative estimate of drug-likeness (QED) is 0.766. The predicted octanol–water partition coefficient (Wildman–Crippen LogP) is 2.41. The van der Waals surface area contributed by atoms with Gasteiger partial charge in [-0.25, -0.2) is 8.42 Å². The van der Waals surface area contributed by atoms with Crippen molar-refractivity contribution >= 4 is 21.4 Å². The lowest BCUT2D eigenvalue weighted by molar-refractivity contribution is 0.340. The second kappa shape index (κ2) is 5.55. The monoisotopic (exact) mass is 262 g/mol. The van der Waals surface area contributed by atoms with Gasteiger partial charge >= 0.3 is 0 Å². The molecule has 0 saturated carbocycles. The van der Waals surface area contributed by atoms with Gasteiger partial charge in [0, 0.05) is 6.26 Å². The Morgan fingerprint density at radius 1 is 1.31 bits per heavy atom. The van der Waals surface area contributed by atoms with Crippen LogP contribution < -0.4 is 4.74 Å². The molecule has 5 heteroatoms. The Bertz CT molecular complexity index is 425. The number of sulfone groups is 1. The normalized spacial score (nSPS) is 13.4. The van der Waals surface area contributed by atoms with Crippen LogP contribution in [-0.2, 0) is 9.84 Å². The minimum atomic E-state index is -3.06. The third kappa shape index (κ3) is 4.41. The number of benzene rings is 1. The van der Waals surface area contributed by atoms with Crippen LogP contribution in [0.15, 0.2) is 24.3 Å². The Kier molecular flexibility index (Phi) is 4.62. The molecule has 1 unspecified atom stereocenters. The first-order valence-corrected chi connectivity index (χ1v) is 7.46. The summed E-state index contributed by atoms with van der Waals surface area (Å²) >= 11 is 6.00. The lowest BCUT2D eigenvalue weighted by atomic mass is 10.1. The van der Waals surface area contributed by atoms with Crippen LogP contribution >= 0.6 is 11.6 Å². The zero-order valence-corrected chi connectivity index (χ0v) is 10.9. The lowest BCUT2D eigenvalue weighted by Crippen LogP contribution is -2.08. The molecule has 0 amide bonds. The maximum atomic E-state index is 11.1. The van der Waals surface area contributed by atoms with Crippen LogP contribution in [0.5, 0.6) is 5.75 Å². The van der Waals surface area contributed by atoms with E-state index in [-0.39, 0.29) is 5.75 Å². The minimum Gasteiger partial charge on any atom is -0.494 e. The van der Waals surface area contributed by atoms with Gasteiger partial charge in [-0.1, -0.05) is 12.1 Å². The SMILES string of the molecule is CCOc1ccc(C(Cl)CS(C)(=O)=O)cc1. The van der Waals surface area contributed by atoms with Gasteiger partial charge in [0.1, 0.15) is 15.6 Å². The van der Waals surface area contributed by atoms with Gasteiger partial charge in [0.15, 0.2) is 0 Å². The zero-order valence-electron chi connectivity index (χ0n) is 9.31. The molecule has 3 nitrogen and oxygen atoms in total. The third-order valence-corrected chi connectivity index (χ3v) is 3.53. The molecule has 1 aromatic carbocycles. The second-order valence-corrected chi connectivity index (χ2v) is 6.27. The van der Waals surface area contributed by atoms with E-state index in [0.29, 0.717) is 6.61 Å².